The molecule has 0 aromatic carbocycles. The lowest BCUT2D eigenvalue weighted by molar-refractivity contribution is 0.666. The Hall–Kier alpha value is -0.600. The standard InChI is InChI=1S/C20H30S2/c1-3-5-7-9-11-17-13-15-21-19(17)20-18(14-16-22-20)12-10-8-6-4-2/h13-16H,3-12H2,1-2H3. The third kappa shape index (κ3) is 5.24. The van der Waals surface area contributed by atoms with Gasteiger partial charge in [-0.1, -0.05) is 52.4 Å². The minimum absolute atomic E-state index is 1.26. The van der Waals surface area contributed by atoms with Crippen LogP contribution in [0.25, 0.3) is 9.75 Å². The summed E-state index contributed by atoms with van der Waals surface area (Å²) in [6.45, 7) is 4.57. The molecular formula is C20H30S2. The summed E-state index contributed by atoms with van der Waals surface area (Å²) < 4.78 is 0. The molecule has 0 N–H and O–H groups in total. The van der Waals surface area contributed by atoms with Crippen LogP contribution in [0.5, 0.6) is 0 Å². The molecular weight excluding hydrogens is 304 g/mol. The minimum atomic E-state index is 1.26. The summed E-state index contributed by atoms with van der Waals surface area (Å²) in [5, 5.41) is 4.57. The lowest BCUT2D eigenvalue weighted by atomic mass is 10.0. The molecule has 0 radical (unpaired) electrons. The smallest absolute Gasteiger partial charge is 0.0477 e. The van der Waals surface area contributed by atoms with Gasteiger partial charge in [0.2, 0.25) is 0 Å². The maximum atomic E-state index is 2.35. The summed E-state index contributed by atoms with van der Waals surface area (Å²) in [6, 6.07) is 4.71. The molecule has 0 aliphatic rings. The number of aryl methyl sites for hydroxylation is 2. The van der Waals surface area contributed by atoms with Crippen molar-refractivity contribution in [3.63, 3.8) is 0 Å². The first-order valence-electron chi connectivity index (χ1n) is 8.99. The van der Waals surface area contributed by atoms with Crippen LogP contribution in [-0.4, -0.2) is 0 Å². The summed E-state index contributed by atoms with van der Waals surface area (Å²) in [4.78, 5) is 3.11. The van der Waals surface area contributed by atoms with Gasteiger partial charge in [-0.05, 0) is 59.7 Å². The van der Waals surface area contributed by atoms with E-state index in [0.29, 0.717) is 0 Å². The first-order valence-corrected chi connectivity index (χ1v) is 10.8. The van der Waals surface area contributed by atoms with Gasteiger partial charge in [0.1, 0.15) is 0 Å². The fraction of sp³-hybridized carbons (Fsp3) is 0.600. The molecule has 0 fully saturated rings. The van der Waals surface area contributed by atoms with Gasteiger partial charge in [-0.3, -0.25) is 0 Å². The van der Waals surface area contributed by atoms with Crippen molar-refractivity contribution in [3.8, 4) is 9.75 Å². The van der Waals surface area contributed by atoms with Gasteiger partial charge in [-0.2, -0.15) is 0 Å². The highest BCUT2D eigenvalue weighted by atomic mass is 32.1. The average Bonchev–Trinajstić information content (AvgIpc) is 3.16. The highest BCUT2D eigenvalue weighted by molar-refractivity contribution is 7.20. The van der Waals surface area contributed by atoms with E-state index in [1.165, 1.54) is 64.2 Å². The molecule has 2 heteroatoms. The Morgan fingerprint density at radius 3 is 1.50 bits per heavy atom. The molecule has 0 nitrogen and oxygen atoms in total. The topological polar surface area (TPSA) is 0 Å². The van der Waals surface area contributed by atoms with Crippen molar-refractivity contribution >= 4 is 22.7 Å². The van der Waals surface area contributed by atoms with Crippen LogP contribution in [0.3, 0.4) is 0 Å². The zero-order chi connectivity index (χ0) is 15.6. The second-order valence-corrected chi connectivity index (χ2v) is 8.00. The minimum Gasteiger partial charge on any atom is -0.143 e. The maximum Gasteiger partial charge on any atom is 0.0477 e. The first kappa shape index (κ1) is 17.7. The highest BCUT2D eigenvalue weighted by Crippen LogP contribution is 2.37. The van der Waals surface area contributed by atoms with Crippen LogP contribution in [0, 0.1) is 0 Å². The quantitative estimate of drug-likeness (QED) is 0.369. The van der Waals surface area contributed by atoms with Crippen molar-refractivity contribution in [3.05, 3.63) is 34.0 Å². The first-order chi connectivity index (χ1) is 10.9. The molecule has 0 spiro atoms. The van der Waals surface area contributed by atoms with Gasteiger partial charge in [0, 0.05) is 9.75 Å². The van der Waals surface area contributed by atoms with Gasteiger partial charge in [-0.25, -0.2) is 0 Å². The van der Waals surface area contributed by atoms with Gasteiger partial charge >= 0.3 is 0 Å². The van der Waals surface area contributed by atoms with Crippen LogP contribution in [-0.2, 0) is 12.8 Å². The van der Waals surface area contributed by atoms with Crippen LogP contribution in [0.1, 0.15) is 76.3 Å². The third-order valence-corrected chi connectivity index (χ3v) is 6.38. The normalized spacial score (nSPS) is 11.2. The molecule has 2 heterocycles. The fourth-order valence-corrected chi connectivity index (χ4v) is 5.09. The lowest BCUT2D eigenvalue weighted by Crippen LogP contribution is -1.89. The van der Waals surface area contributed by atoms with Crippen molar-refractivity contribution in [1.29, 1.82) is 0 Å². The largest absolute Gasteiger partial charge is 0.143 e. The number of unbranched alkanes of at least 4 members (excludes halogenated alkanes) is 6. The van der Waals surface area contributed by atoms with Crippen molar-refractivity contribution in [2.45, 2.75) is 78.1 Å². The van der Waals surface area contributed by atoms with E-state index < -0.39 is 0 Å². The van der Waals surface area contributed by atoms with Crippen molar-refractivity contribution in [2.24, 2.45) is 0 Å². The number of thiophene rings is 2. The van der Waals surface area contributed by atoms with Crippen molar-refractivity contribution in [2.75, 3.05) is 0 Å². The predicted molar refractivity (Wildman–Crippen MR) is 103 cm³/mol. The molecule has 0 aliphatic heterocycles. The third-order valence-electron chi connectivity index (χ3n) is 4.30. The summed E-state index contributed by atoms with van der Waals surface area (Å²) in [6.07, 6.45) is 13.3. The fourth-order valence-electron chi connectivity index (χ4n) is 2.95. The van der Waals surface area contributed by atoms with Crippen LogP contribution >= 0.6 is 22.7 Å². The molecule has 2 aromatic rings. The Kier molecular flexibility index (Phi) is 8.25. The Balaban J connectivity index is 1.97. The lowest BCUT2D eigenvalue weighted by Gasteiger charge is -2.06. The Morgan fingerprint density at radius 2 is 1.09 bits per heavy atom. The molecule has 0 amide bonds. The van der Waals surface area contributed by atoms with E-state index in [-0.39, 0.29) is 0 Å². The van der Waals surface area contributed by atoms with Crippen LogP contribution in [0.2, 0.25) is 0 Å². The van der Waals surface area contributed by atoms with Crippen molar-refractivity contribution < 1.29 is 0 Å². The molecule has 0 aliphatic carbocycles. The van der Waals surface area contributed by atoms with Gasteiger partial charge in [-0.15, -0.1) is 22.7 Å². The SMILES string of the molecule is CCCCCCc1ccsc1-c1sccc1CCCCCC. The molecule has 2 aromatic heterocycles. The molecule has 22 heavy (non-hydrogen) atoms. The summed E-state index contributed by atoms with van der Waals surface area (Å²) in [7, 11) is 0. The van der Waals surface area contributed by atoms with Gasteiger partial charge in [0.25, 0.3) is 0 Å². The Labute approximate surface area is 144 Å². The summed E-state index contributed by atoms with van der Waals surface area (Å²) in [5.74, 6) is 0. The predicted octanol–water partition coefficient (Wildman–Crippen LogP) is 7.72. The van der Waals surface area contributed by atoms with Crippen LogP contribution < -0.4 is 0 Å². The van der Waals surface area contributed by atoms with Crippen LogP contribution in [0.4, 0.5) is 0 Å². The summed E-state index contributed by atoms with van der Waals surface area (Å²) >= 11 is 3.88. The molecule has 122 valence electrons. The zero-order valence-electron chi connectivity index (χ0n) is 14.2. The van der Waals surface area contributed by atoms with Gasteiger partial charge in [0.15, 0.2) is 0 Å². The van der Waals surface area contributed by atoms with Crippen molar-refractivity contribution in [1.82, 2.24) is 0 Å². The van der Waals surface area contributed by atoms with E-state index in [2.05, 4.69) is 36.7 Å². The number of hydrogen-bond acceptors (Lipinski definition) is 2. The number of hydrogen-bond donors (Lipinski definition) is 0. The zero-order valence-corrected chi connectivity index (χ0v) is 15.8. The molecule has 2 rings (SSSR count). The highest BCUT2D eigenvalue weighted by Gasteiger charge is 2.12. The van der Waals surface area contributed by atoms with E-state index in [1.54, 1.807) is 20.9 Å². The van der Waals surface area contributed by atoms with E-state index >= 15 is 0 Å². The molecule has 0 unspecified atom stereocenters. The van der Waals surface area contributed by atoms with Crippen LogP contribution in [0.15, 0.2) is 22.9 Å². The molecule has 0 saturated carbocycles. The van der Waals surface area contributed by atoms with Gasteiger partial charge in [0.05, 0.1) is 0 Å². The second-order valence-electron chi connectivity index (χ2n) is 6.17. The van der Waals surface area contributed by atoms with E-state index in [9.17, 15) is 0 Å². The maximum absolute atomic E-state index is 2.35. The van der Waals surface area contributed by atoms with E-state index in [1.807, 2.05) is 22.7 Å². The molecule has 0 saturated heterocycles. The molecule has 0 atom stereocenters. The summed E-state index contributed by atoms with van der Waals surface area (Å²) in [5.41, 5.74) is 3.16. The van der Waals surface area contributed by atoms with E-state index in [4.69, 9.17) is 0 Å². The van der Waals surface area contributed by atoms with Gasteiger partial charge < -0.3 is 0 Å². The van der Waals surface area contributed by atoms with E-state index in [0.717, 1.165) is 0 Å². The second kappa shape index (κ2) is 10.2. The number of rotatable bonds is 11. The molecule has 0 bridgehead atoms. The Morgan fingerprint density at radius 1 is 0.636 bits per heavy atom. The monoisotopic (exact) mass is 334 g/mol. The average molecular weight is 335 g/mol. The Bertz CT molecular complexity index is 473.